The van der Waals surface area contributed by atoms with E-state index >= 15 is 0 Å². The summed E-state index contributed by atoms with van der Waals surface area (Å²) in [5.41, 5.74) is 0. The number of hydrogen-bond acceptors (Lipinski definition) is 0. The Balaban J connectivity index is 3.59. The van der Waals surface area contributed by atoms with Crippen molar-refractivity contribution in [1.29, 1.82) is 0 Å². The maximum atomic E-state index is 2.33. The Morgan fingerprint density at radius 3 is 1.89 bits per heavy atom. The summed E-state index contributed by atoms with van der Waals surface area (Å²) in [6.07, 6.45) is 1.40. The van der Waals surface area contributed by atoms with Gasteiger partial charge < -0.3 is 4.48 Å². The molecule has 0 N–H and O–H groups in total. The normalized spacial score (nSPS) is 16.0. The fraction of sp³-hybridized carbons (Fsp3) is 1.00. The zero-order valence-corrected chi connectivity index (χ0v) is 9.44. The third-order valence-electron chi connectivity index (χ3n) is 2.03. The maximum Gasteiger partial charge on any atom is 0.0852 e. The lowest BCUT2D eigenvalue weighted by Crippen LogP contribution is -2.42. The van der Waals surface area contributed by atoms with E-state index in [1.807, 2.05) is 0 Å². The van der Waals surface area contributed by atoms with Gasteiger partial charge in [-0.05, 0) is 13.3 Å². The summed E-state index contributed by atoms with van der Waals surface area (Å²) in [5.74, 6) is 0. The van der Waals surface area contributed by atoms with Crippen LogP contribution in [0.1, 0.15) is 13.3 Å². The molecule has 0 spiro atoms. The van der Waals surface area contributed by atoms with Crippen LogP contribution in [0, 0.1) is 0 Å². The van der Waals surface area contributed by atoms with E-state index in [0.717, 1.165) is 10.5 Å². The van der Waals surface area contributed by atoms with Crippen LogP contribution in [0.3, 0.4) is 0 Å². The van der Waals surface area contributed by atoms with E-state index in [9.17, 15) is 0 Å². The summed E-state index contributed by atoms with van der Waals surface area (Å²) in [4.78, 5) is 0. The fourth-order valence-electron chi connectivity index (χ4n) is 0.805. The van der Waals surface area contributed by atoms with Gasteiger partial charge in [0.1, 0.15) is 0 Å². The average Bonchev–Trinajstić information content (AvgIpc) is 1.64. The topological polar surface area (TPSA) is 0 Å². The molecule has 56 valence electrons. The lowest BCUT2D eigenvalue weighted by molar-refractivity contribution is -0.894. The van der Waals surface area contributed by atoms with Gasteiger partial charge in [-0.25, -0.2) is 0 Å². The highest BCUT2D eigenvalue weighted by molar-refractivity contribution is 6.08. The summed E-state index contributed by atoms with van der Waals surface area (Å²) in [6.45, 7) is 2.33. The van der Waals surface area contributed by atoms with E-state index in [-0.39, 0.29) is 0 Å². The highest BCUT2D eigenvalue weighted by atomic mass is 28.1. The first kappa shape index (κ1) is 9.18. The average molecular weight is 146 g/mol. The third kappa shape index (κ3) is 3.70. The van der Waals surface area contributed by atoms with Crippen LogP contribution in [0.2, 0.25) is 6.04 Å². The van der Waals surface area contributed by atoms with Gasteiger partial charge in [-0.3, -0.25) is 0 Å². The molecule has 0 aliphatic rings. The van der Waals surface area contributed by atoms with Crippen LogP contribution >= 0.6 is 0 Å². The second-order valence-electron chi connectivity index (χ2n) is 3.75. The Morgan fingerprint density at radius 2 is 1.78 bits per heavy atom. The first-order valence-corrected chi connectivity index (χ1v) is 5.21. The van der Waals surface area contributed by atoms with Crippen LogP contribution < -0.4 is 0 Å². The molecule has 0 rings (SSSR count). The van der Waals surface area contributed by atoms with Crippen molar-refractivity contribution in [2.75, 3.05) is 21.1 Å². The lowest BCUT2D eigenvalue weighted by Gasteiger charge is -2.31. The minimum atomic E-state index is 0.836. The van der Waals surface area contributed by atoms with Gasteiger partial charge in [-0.15, -0.1) is 0 Å². The van der Waals surface area contributed by atoms with E-state index in [0.29, 0.717) is 0 Å². The van der Waals surface area contributed by atoms with E-state index in [2.05, 4.69) is 28.1 Å². The lowest BCUT2D eigenvalue weighted by atomic mass is 10.2. The van der Waals surface area contributed by atoms with Crippen LogP contribution in [-0.4, -0.2) is 41.9 Å². The Bertz CT molecular complexity index is 75.5. The van der Waals surface area contributed by atoms with E-state index < -0.39 is 0 Å². The Labute approximate surface area is 62.1 Å². The first-order valence-electron chi connectivity index (χ1n) is 3.79. The quantitative estimate of drug-likeness (QED) is 0.396. The van der Waals surface area contributed by atoms with Gasteiger partial charge in [0, 0.05) is 10.2 Å². The minimum absolute atomic E-state index is 0.836. The molecule has 0 amide bonds. The van der Waals surface area contributed by atoms with Crippen LogP contribution in [0.25, 0.3) is 0 Å². The fourth-order valence-corrected chi connectivity index (χ4v) is 1.64. The van der Waals surface area contributed by atoms with Gasteiger partial charge in [-0.2, -0.15) is 0 Å². The van der Waals surface area contributed by atoms with Crippen molar-refractivity contribution in [3.05, 3.63) is 0 Å². The molecule has 1 nitrogen and oxygen atoms in total. The van der Waals surface area contributed by atoms with E-state index in [1.54, 1.807) is 0 Å². The zero-order valence-electron chi connectivity index (χ0n) is 7.44. The van der Waals surface area contributed by atoms with Crippen LogP contribution in [0.4, 0.5) is 0 Å². The second-order valence-corrected chi connectivity index (χ2v) is 4.75. The number of hydrogen-bond donors (Lipinski definition) is 0. The monoisotopic (exact) mass is 146 g/mol. The van der Waals surface area contributed by atoms with Crippen molar-refractivity contribution < 1.29 is 4.48 Å². The predicted octanol–water partition coefficient (Wildman–Crippen LogP) is 0.255. The van der Waals surface area contributed by atoms with Gasteiger partial charge in [-0.1, -0.05) is 6.04 Å². The van der Waals surface area contributed by atoms with Gasteiger partial charge in [0.25, 0.3) is 0 Å². The van der Waals surface area contributed by atoms with Crippen molar-refractivity contribution in [2.45, 2.75) is 25.4 Å². The maximum absolute atomic E-state index is 2.33. The van der Waals surface area contributed by atoms with Crippen molar-refractivity contribution in [3.63, 3.8) is 0 Å². The Morgan fingerprint density at radius 1 is 1.33 bits per heavy atom. The van der Waals surface area contributed by atoms with Gasteiger partial charge in [0.15, 0.2) is 0 Å². The van der Waals surface area contributed by atoms with Gasteiger partial charge >= 0.3 is 0 Å². The molecule has 0 aromatic carbocycles. The number of quaternary nitrogens is 1. The molecule has 2 heteroatoms. The van der Waals surface area contributed by atoms with Crippen molar-refractivity contribution in [3.8, 4) is 0 Å². The predicted molar refractivity (Wildman–Crippen MR) is 46.9 cm³/mol. The Kier molecular flexibility index (Phi) is 3.44. The summed E-state index contributed by atoms with van der Waals surface area (Å²) in [7, 11) is 8.16. The number of rotatable bonds is 3. The highest BCUT2D eigenvalue weighted by Crippen LogP contribution is 2.07. The molecule has 1 unspecified atom stereocenters. The molecule has 0 heterocycles. The third-order valence-corrected chi connectivity index (χ3v) is 2.61. The van der Waals surface area contributed by atoms with E-state index in [4.69, 9.17) is 0 Å². The molecule has 1 atom stereocenters. The first-order chi connectivity index (χ1) is 3.98. The van der Waals surface area contributed by atoms with Crippen LogP contribution in [-0.2, 0) is 0 Å². The molecule has 0 radical (unpaired) electrons. The Hall–Kier alpha value is 0.177. The van der Waals surface area contributed by atoms with Crippen molar-refractivity contribution in [1.82, 2.24) is 0 Å². The molecule has 0 aromatic rings. The van der Waals surface area contributed by atoms with Gasteiger partial charge in [0.2, 0.25) is 0 Å². The van der Waals surface area contributed by atoms with Crippen LogP contribution in [0.5, 0.6) is 0 Å². The summed E-state index contributed by atoms with van der Waals surface area (Å²) in [6, 6.07) is 2.28. The molecule has 0 saturated carbocycles. The molecule has 0 aliphatic carbocycles. The molecular weight excluding hydrogens is 126 g/mol. The van der Waals surface area contributed by atoms with Crippen molar-refractivity contribution >= 4 is 10.2 Å². The zero-order chi connectivity index (χ0) is 7.49. The molecule has 9 heavy (non-hydrogen) atoms. The van der Waals surface area contributed by atoms with Gasteiger partial charge in [0.05, 0.1) is 27.2 Å². The minimum Gasteiger partial charge on any atom is -0.329 e. The molecule has 0 fully saturated rings. The molecule has 0 aliphatic heterocycles. The van der Waals surface area contributed by atoms with Crippen LogP contribution in [0.15, 0.2) is 0 Å². The summed E-state index contributed by atoms with van der Waals surface area (Å²) in [5, 5.41) is 0. The van der Waals surface area contributed by atoms with Crippen molar-refractivity contribution in [2.24, 2.45) is 0 Å². The van der Waals surface area contributed by atoms with E-state index in [1.165, 1.54) is 22.7 Å². The summed E-state index contributed by atoms with van der Waals surface area (Å²) >= 11 is 0. The molecular formula is C7H20NSi+. The number of nitrogens with zero attached hydrogens (tertiary/aromatic N) is 1. The smallest absolute Gasteiger partial charge is 0.0852 e. The second kappa shape index (κ2) is 3.37. The SMILES string of the molecule is CC(CC[SiH3])[N+](C)(C)C. The summed E-state index contributed by atoms with van der Waals surface area (Å²) < 4.78 is 1.11. The molecule has 0 saturated heterocycles. The highest BCUT2D eigenvalue weighted by Gasteiger charge is 2.15. The largest absolute Gasteiger partial charge is 0.329 e. The molecule has 0 aromatic heterocycles. The standard InChI is InChI=1S/C7H20NSi/c1-7(5-6-9)8(2,3)4/h7H,5-6H2,1-4,9H3/q+1. The molecule has 0 bridgehead atoms.